The first-order valence-corrected chi connectivity index (χ1v) is 7.01. The number of amides is 1. The third kappa shape index (κ3) is 4.47. The maximum absolute atomic E-state index is 11.5. The fourth-order valence-electron chi connectivity index (χ4n) is 2.15. The van der Waals surface area contributed by atoms with Gasteiger partial charge in [-0.1, -0.05) is 0 Å². The predicted octanol–water partition coefficient (Wildman–Crippen LogP) is 0.575. The standard InChI is InChI=1S/C14H22N4O2/c1-15-14(19)13-11-12(3-5-17-13)16-4-2-6-18-7-9-20-10-8-18/h3,5,11H,2,4,6-10H2,1H3,(H,15,19)(H,16,17). The van der Waals surface area contributed by atoms with E-state index in [1.165, 1.54) is 0 Å². The molecule has 1 amide bonds. The number of nitrogens with zero attached hydrogens (tertiary/aromatic N) is 2. The largest absolute Gasteiger partial charge is 0.385 e. The zero-order valence-corrected chi connectivity index (χ0v) is 11.9. The average Bonchev–Trinajstić information content (AvgIpc) is 2.52. The molecule has 20 heavy (non-hydrogen) atoms. The molecule has 2 rings (SSSR count). The first kappa shape index (κ1) is 14.7. The summed E-state index contributed by atoms with van der Waals surface area (Å²) in [5.74, 6) is -0.165. The fourth-order valence-corrected chi connectivity index (χ4v) is 2.15. The van der Waals surface area contributed by atoms with E-state index in [1.54, 1.807) is 19.3 Å². The van der Waals surface area contributed by atoms with Crippen molar-refractivity contribution in [3.63, 3.8) is 0 Å². The van der Waals surface area contributed by atoms with Crippen molar-refractivity contribution in [3.8, 4) is 0 Å². The summed E-state index contributed by atoms with van der Waals surface area (Å²) in [6.07, 6.45) is 2.71. The van der Waals surface area contributed by atoms with E-state index in [0.29, 0.717) is 5.69 Å². The summed E-state index contributed by atoms with van der Waals surface area (Å²) in [4.78, 5) is 17.9. The SMILES string of the molecule is CNC(=O)c1cc(NCCCN2CCOCC2)ccn1. The van der Waals surface area contributed by atoms with Crippen LogP contribution < -0.4 is 10.6 Å². The topological polar surface area (TPSA) is 66.5 Å². The predicted molar refractivity (Wildman–Crippen MR) is 78.0 cm³/mol. The number of carbonyl (C=O) groups is 1. The zero-order valence-electron chi connectivity index (χ0n) is 11.9. The Labute approximate surface area is 119 Å². The highest BCUT2D eigenvalue weighted by Gasteiger charge is 2.09. The molecule has 0 radical (unpaired) electrons. The molecule has 0 unspecified atom stereocenters. The van der Waals surface area contributed by atoms with Crippen molar-refractivity contribution in [1.29, 1.82) is 0 Å². The summed E-state index contributed by atoms with van der Waals surface area (Å²) in [5.41, 5.74) is 1.37. The molecule has 0 atom stereocenters. The highest BCUT2D eigenvalue weighted by molar-refractivity contribution is 5.92. The molecular formula is C14H22N4O2. The van der Waals surface area contributed by atoms with Gasteiger partial charge in [-0.2, -0.15) is 0 Å². The molecule has 0 aromatic carbocycles. The number of nitrogens with one attached hydrogen (secondary N) is 2. The molecule has 0 spiro atoms. The fraction of sp³-hybridized carbons (Fsp3) is 0.571. The van der Waals surface area contributed by atoms with Gasteiger partial charge in [0.2, 0.25) is 0 Å². The summed E-state index contributed by atoms with van der Waals surface area (Å²) < 4.78 is 5.32. The molecule has 2 N–H and O–H groups in total. The molecule has 6 heteroatoms. The summed E-state index contributed by atoms with van der Waals surface area (Å²) in [6.45, 7) is 5.69. The van der Waals surface area contributed by atoms with E-state index >= 15 is 0 Å². The first-order valence-electron chi connectivity index (χ1n) is 7.01. The maximum Gasteiger partial charge on any atom is 0.269 e. The van der Waals surface area contributed by atoms with Crippen LogP contribution in [0.2, 0.25) is 0 Å². The van der Waals surface area contributed by atoms with Gasteiger partial charge in [-0.15, -0.1) is 0 Å². The van der Waals surface area contributed by atoms with Crippen molar-refractivity contribution >= 4 is 11.6 Å². The number of rotatable bonds is 6. The monoisotopic (exact) mass is 278 g/mol. The van der Waals surface area contributed by atoms with Crippen LogP contribution in [-0.2, 0) is 4.74 Å². The van der Waals surface area contributed by atoms with E-state index in [9.17, 15) is 4.79 Å². The lowest BCUT2D eigenvalue weighted by molar-refractivity contribution is 0.0378. The second-order valence-electron chi connectivity index (χ2n) is 4.74. The molecule has 1 fully saturated rings. The number of pyridine rings is 1. The molecule has 1 aliphatic heterocycles. The Morgan fingerprint density at radius 2 is 2.25 bits per heavy atom. The van der Waals surface area contributed by atoms with Gasteiger partial charge in [0.1, 0.15) is 5.69 Å². The highest BCUT2D eigenvalue weighted by Crippen LogP contribution is 2.08. The minimum absolute atomic E-state index is 0.165. The van der Waals surface area contributed by atoms with Crippen LogP contribution in [0.4, 0.5) is 5.69 Å². The summed E-state index contributed by atoms with van der Waals surface area (Å²) in [5, 5.41) is 5.90. The van der Waals surface area contributed by atoms with Crippen LogP contribution in [0.25, 0.3) is 0 Å². The van der Waals surface area contributed by atoms with Gasteiger partial charge in [0.05, 0.1) is 13.2 Å². The Hall–Kier alpha value is -1.66. The molecule has 110 valence electrons. The van der Waals surface area contributed by atoms with Gasteiger partial charge in [0, 0.05) is 38.6 Å². The van der Waals surface area contributed by atoms with E-state index in [-0.39, 0.29) is 5.91 Å². The number of morpholine rings is 1. The van der Waals surface area contributed by atoms with Crippen LogP contribution in [0, 0.1) is 0 Å². The molecule has 2 heterocycles. The number of anilines is 1. The number of ether oxygens (including phenoxy) is 1. The van der Waals surface area contributed by atoms with Gasteiger partial charge in [-0.25, -0.2) is 0 Å². The van der Waals surface area contributed by atoms with Crippen molar-refractivity contribution in [2.24, 2.45) is 0 Å². The van der Waals surface area contributed by atoms with E-state index in [0.717, 1.165) is 51.5 Å². The Bertz CT molecular complexity index is 433. The van der Waals surface area contributed by atoms with E-state index in [4.69, 9.17) is 4.74 Å². The number of aromatic nitrogens is 1. The van der Waals surface area contributed by atoms with E-state index in [1.807, 2.05) is 6.07 Å². The van der Waals surface area contributed by atoms with E-state index < -0.39 is 0 Å². The lowest BCUT2D eigenvalue weighted by Crippen LogP contribution is -2.37. The summed E-state index contributed by atoms with van der Waals surface area (Å²) in [6, 6.07) is 3.65. The van der Waals surface area contributed by atoms with Crippen LogP contribution in [0.15, 0.2) is 18.3 Å². The van der Waals surface area contributed by atoms with Gasteiger partial charge in [-0.05, 0) is 25.1 Å². The van der Waals surface area contributed by atoms with Crippen LogP contribution in [0.5, 0.6) is 0 Å². The van der Waals surface area contributed by atoms with Crippen LogP contribution in [0.1, 0.15) is 16.9 Å². The smallest absolute Gasteiger partial charge is 0.269 e. The van der Waals surface area contributed by atoms with Crippen molar-refractivity contribution in [2.45, 2.75) is 6.42 Å². The van der Waals surface area contributed by atoms with Crippen molar-refractivity contribution in [2.75, 3.05) is 51.8 Å². The zero-order chi connectivity index (χ0) is 14.2. The molecular weight excluding hydrogens is 256 g/mol. The van der Waals surface area contributed by atoms with Crippen LogP contribution >= 0.6 is 0 Å². The van der Waals surface area contributed by atoms with Gasteiger partial charge in [-0.3, -0.25) is 14.7 Å². The van der Waals surface area contributed by atoms with Gasteiger partial charge in [0.15, 0.2) is 0 Å². The second-order valence-corrected chi connectivity index (χ2v) is 4.74. The quantitative estimate of drug-likeness (QED) is 0.745. The third-order valence-electron chi connectivity index (χ3n) is 3.30. The van der Waals surface area contributed by atoms with Crippen LogP contribution in [0.3, 0.4) is 0 Å². The minimum Gasteiger partial charge on any atom is -0.385 e. The number of carbonyl (C=O) groups excluding carboxylic acids is 1. The summed E-state index contributed by atoms with van der Waals surface area (Å²) in [7, 11) is 1.60. The number of hydrogen-bond donors (Lipinski definition) is 2. The molecule has 0 aliphatic carbocycles. The molecule has 0 bridgehead atoms. The van der Waals surface area contributed by atoms with Crippen LogP contribution in [-0.4, -0.2) is 62.2 Å². The van der Waals surface area contributed by atoms with Gasteiger partial charge < -0.3 is 15.4 Å². The molecule has 1 saturated heterocycles. The van der Waals surface area contributed by atoms with Crippen molar-refractivity contribution in [1.82, 2.24) is 15.2 Å². The molecule has 0 saturated carbocycles. The average molecular weight is 278 g/mol. The Morgan fingerprint density at radius 1 is 1.45 bits per heavy atom. The normalized spacial score (nSPS) is 15.8. The van der Waals surface area contributed by atoms with Crippen molar-refractivity contribution in [3.05, 3.63) is 24.0 Å². The Balaban J connectivity index is 1.72. The lowest BCUT2D eigenvalue weighted by atomic mass is 10.3. The van der Waals surface area contributed by atoms with Gasteiger partial charge in [0.25, 0.3) is 5.91 Å². The molecule has 1 aromatic heterocycles. The lowest BCUT2D eigenvalue weighted by Gasteiger charge is -2.26. The third-order valence-corrected chi connectivity index (χ3v) is 3.30. The van der Waals surface area contributed by atoms with Gasteiger partial charge >= 0.3 is 0 Å². The molecule has 1 aromatic rings. The highest BCUT2D eigenvalue weighted by atomic mass is 16.5. The summed E-state index contributed by atoms with van der Waals surface area (Å²) >= 11 is 0. The molecule has 6 nitrogen and oxygen atoms in total. The van der Waals surface area contributed by atoms with Crippen molar-refractivity contribution < 1.29 is 9.53 Å². The van der Waals surface area contributed by atoms with E-state index in [2.05, 4.69) is 20.5 Å². The Morgan fingerprint density at radius 3 is 3.00 bits per heavy atom. The number of hydrogen-bond acceptors (Lipinski definition) is 5. The Kier molecular flexibility index (Phi) is 5.76. The first-order chi connectivity index (χ1) is 9.79. The maximum atomic E-state index is 11.5. The minimum atomic E-state index is -0.165. The molecule has 1 aliphatic rings. The second kappa shape index (κ2) is 7.81.